The molecule has 0 aliphatic carbocycles. The van der Waals surface area contributed by atoms with Gasteiger partial charge >= 0.3 is 0 Å². The van der Waals surface area contributed by atoms with E-state index in [1.165, 1.54) is 0 Å². The van der Waals surface area contributed by atoms with Gasteiger partial charge in [0, 0.05) is 25.2 Å². The van der Waals surface area contributed by atoms with E-state index >= 15 is 0 Å². The molecule has 18 heavy (non-hydrogen) atoms. The van der Waals surface area contributed by atoms with Crippen molar-refractivity contribution in [3.63, 3.8) is 0 Å². The molecule has 1 heterocycles. The average Bonchev–Trinajstić information content (AvgIpc) is 2.64. The molecule has 96 valence electrons. The summed E-state index contributed by atoms with van der Waals surface area (Å²) >= 11 is 12.0. The lowest BCUT2D eigenvalue weighted by Gasteiger charge is -2.16. The van der Waals surface area contributed by atoms with Crippen LogP contribution in [0, 0.1) is 6.92 Å². The van der Waals surface area contributed by atoms with E-state index in [0.29, 0.717) is 16.6 Å². The molecular formula is C13H15Cl2N3. The number of hydrogen-bond donors (Lipinski definition) is 1. The van der Waals surface area contributed by atoms with Crippen molar-refractivity contribution in [2.24, 2.45) is 12.8 Å². The number of halogens is 2. The summed E-state index contributed by atoms with van der Waals surface area (Å²) in [5.74, 6) is 0.0750. The highest BCUT2D eigenvalue weighted by atomic mass is 35.5. The summed E-state index contributed by atoms with van der Waals surface area (Å²) in [6, 6.07) is 7.66. The molecule has 0 bridgehead atoms. The van der Waals surface area contributed by atoms with Crippen LogP contribution in [0.4, 0.5) is 0 Å². The highest BCUT2D eigenvalue weighted by molar-refractivity contribution is 6.42. The van der Waals surface area contributed by atoms with Gasteiger partial charge < -0.3 is 5.73 Å². The maximum absolute atomic E-state index is 6.05. The van der Waals surface area contributed by atoms with E-state index in [9.17, 15) is 0 Å². The molecule has 0 radical (unpaired) electrons. The Hall–Kier alpha value is -1.03. The number of nitrogens with zero attached hydrogens (tertiary/aromatic N) is 2. The van der Waals surface area contributed by atoms with Crippen LogP contribution >= 0.6 is 23.2 Å². The van der Waals surface area contributed by atoms with Crippen molar-refractivity contribution >= 4 is 23.2 Å². The monoisotopic (exact) mass is 283 g/mol. The first-order valence-electron chi connectivity index (χ1n) is 5.68. The quantitative estimate of drug-likeness (QED) is 0.941. The van der Waals surface area contributed by atoms with Gasteiger partial charge in [-0.15, -0.1) is 0 Å². The molecule has 1 aromatic carbocycles. The smallest absolute Gasteiger partial charge is 0.0596 e. The van der Waals surface area contributed by atoms with Crippen LogP contribution in [0.3, 0.4) is 0 Å². The Bertz CT molecular complexity index is 563. The Morgan fingerprint density at radius 2 is 2.00 bits per heavy atom. The second-order valence-electron chi connectivity index (χ2n) is 4.30. The summed E-state index contributed by atoms with van der Waals surface area (Å²) in [6.45, 7) is 2.46. The van der Waals surface area contributed by atoms with Gasteiger partial charge in [-0.25, -0.2) is 0 Å². The summed E-state index contributed by atoms with van der Waals surface area (Å²) in [4.78, 5) is 0. The molecule has 0 saturated heterocycles. The van der Waals surface area contributed by atoms with Gasteiger partial charge in [-0.1, -0.05) is 29.3 Å². The number of rotatable bonds is 3. The normalized spacial score (nSPS) is 12.7. The van der Waals surface area contributed by atoms with E-state index < -0.39 is 0 Å². The first kappa shape index (κ1) is 13.4. The summed E-state index contributed by atoms with van der Waals surface area (Å²) < 4.78 is 1.86. The Kier molecular flexibility index (Phi) is 3.95. The molecule has 2 N–H and O–H groups in total. The number of hydrogen-bond acceptors (Lipinski definition) is 2. The Morgan fingerprint density at radius 3 is 2.50 bits per heavy atom. The molecule has 0 aliphatic rings. The molecule has 1 unspecified atom stereocenters. The zero-order valence-corrected chi connectivity index (χ0v) is 11.8. The Labute approximate surface area is 117 Å². The van der Waals surface area contributed by atoms with Gasteiger partial charge in [0.25, 0.3) is 0 Å². The maximum Gasteiger partial charge on any atom is 0.0596 e. The highest BCUT2D eigenvalue weighted by Gasteiger charge is 2.17. The van der Waals surface area contributed by atoms with E-state index in [2.05, 4.69) is 5.10 Å². The fourth-order valence-corrected chi connectivity index (χ4v) is 2.42. The first-order chi connectivity index (χ1) is 8.52. The van der Waals surface area contributed by atoms with Crippen molar-refractivity contribution in [1.82, 2.24) is 9.78 Å². The van der Waals surface area contributed by atoms with E-state index in [1.54, 1.807) is 6.07 Å². The SMILES string of the molecule is Cc1cc(C(CN)c2ccc(Cl)c(Cl)c2)n(C)n1. The number of benzene rings is 1. The number of aryl methyl sites for hydroxylation is 2. The van der Waals surface area contributed by atoms with Crippen molar-refractivity contribution < 1.29 is 0 Å². The van der Waals surface area contributed by atoms with Crippen molar-refractivity contribution in [3.8, 4) is 0 Å². The number of nitrogens with two attached hydrogens (primary N) is 1. The molecule has 5 heteroatoms. The predicted molar refractivity (Wildman–Crippen MR) is 75.3 cm³/mol. The van der Waals surface area contributed by atoms with Crippen molar-refractivity contribution in [3.05, 3.63) is 51.3 Å². The van der Waals surface area contributed by atoms with Crippen LogP contribution in [0.15, 0.2) is 24.3 Å². The van der Waals surface area contributed by atoms with Gasteiger partial charge in [0.15, 0.2) is 0 Å². The molecule has 2 rings (SSSR count). The van der Waals surface area contributed by atoms with Gasteiger partial charge in [-0.2, -0.15) is 5.10 Å². The van der Waals surface area contributed by atoms with Gasteiger partial charge in [-0.3, -0.25) is 4.68 Å². The molecule has 3 nitrogen and oxygen atoms in total. The van der Waals surface area contributed by atoms with Gasteiger partial charge in [0.05, 0.1) is 15.7 Å². The van der Waals surface area contributed by atoms with Crippen LogP contribution in [-0.2, 0) is 7.05 Å². The summed E-state index contributed by atoms with van der Waals surface area (Å²) in [7, 11) is 1.92. The minimum atomic E-state index is 0.0750. The fourth-order valence-electron chi connectivity index (χ4n) is 2.11. The van der Waals surface area contributed by atoms with Crippen molar-refractivity contribution in [1.29, 1.82) is 0 Å². The molecule has 0 amide bonds. The minimum absolute atomic E-state index is 0.0750. The molecule has 0 fully saturated rings. The second kappa shape index (κ2) is 5.31. The third-order valence-electron chi connectivity index (χ3n) is 2.98. The summed E-state index contributed by atoms with van der Waals surface area (Å²) in [5, 5.41) is 5.45. The van der Waals surface area contributed by atoms with Crippen LogP contribution in [0.1, 0.15) is 22.9 Å². The van der Waals surface area contributed by atoms with Crippen molar-refractivity contribution in [2.45, 2.75) is 12.8 Å². The first-order valence-corrected chi connectivity index (χ1v) is 6.44. The molecular weight excluding hydrogens is 269 g/mol. The van der Waals surface area contributed by atoms with E-state index in [1.807, 2.05) is 36.9 Å². The molecule has 0 aliphatic heterocycles. The third-order valence-corrected chi connectivity index (χ3v) is 3.72. The Balaban J connectivity index is 2.45. The Morgan fingerprint density at radius 1 is 1.28 bits per heavy atom. The van der Waals surface area contributed by atoms with E-state index in [4.69, 9.17) is 28.9 Å². The predicted octanol–water partition coefficient (Wildman–Crippen LogP) is 3.13. The van der Waals surface area contributed by atoms with Crippen LogP contribution in [0.2, 0.25) is 10.0 Å². The zero-order chi connectivity index (χ0) is 13.3. The fraction of sp³-hybridized carbons (Fsp3) is 0.308. The van der Waals surface area contributed by atoms with E-state index in [0.717, 1.165) is 17.0 Å². The van der Waals surface area contributed by atoms with Gasteiger partial charge in [-0.05, 0) is 30.7 Å². The van der Waals surface area contributed by atoms with Crippen LogP contribution in [0.5, 0.6) is 0 Å². The average molecular weight is 284 g/mol. The number of aromatic nitrogens is 2. The second-order valence-corrected chi connectivity index (χ2v) is 5.11. The van der Waals surface area contributed by atoms with E-state index in [-0.39, 0.29) is 5.92 Å². The van der Waals surface area contributed by atoms with Gasteiger partial charge in [0.2, 0.25) is 0 Å². The minimum Gasteiger partial charge on any atom is -0.329 e. The van der Waals surface area contributed by atoms with Crippen LogP contribution < -0.4 is 5.73 Å². The molecule has 2 aromatic rings. The lowest BCUT2D eigenvalue weighted by atomic mass is 9.95. The standard InChI is InChI=1S/C13H15Cl2N3/c1-8-5-13(18(2)17-8)10(7-16)9-3-4-11(14)12(15)6-9/h3-6,10H,7,16H2,1-2H3. The molecule has 0 saturated carbocycles. The lowest BCUT2D eigenvalue weighted by Crippen LogP contribution is -2.17. The highest BCUT2D eigenvalue weighted by Crippen LogP contribution is 2.29. The molecule has 1 aromatic heterocycles. The molecule has 1 atom stereocenters. The van der Waals surface area contributed by atoms with Gasteiger partial charge in [0.1, 0.15) is 0 Å². The van der Waals surface area contributed by atoms with Crippen LogP contribution in [-0.4, -0.2) is 16.3 Å². The lowest BCUT2D eigenvalue weighted by molar-refractivity contribution is 0.660. The largest absolute Gasteiger partial charge is 0.329 e. The third kappa shape index (κ3) is 2.53. The maximum atomic E-state index is 6.05. The van der Waals surface area contributed by atoms with Crippen molar-refractivity contribution in [2.75, 3.05) is 6.54 Å². The van der Waals surface area contributed by atoms with Crippen LogP contribution in [0.25, 0.3) is 0 Å². The zero-order valence-electron chi connectivity index (χ0n) is 10.3. The summed E-state index contributed by atoms with van der Waals surface area (Å²) in [6.07, 6.45) is 0. The topological polar surface area (TPSA) is 43.8 Å². The molecule has 0 spiro atoms. The summed E-state index contributed by atoms with van der Waals surface area (Å²) in [5.41, 5.74) is 8.99.